The quantitative estimate of drug-likeness (QED) is 0.512. The minimum atomic E-state index is -0.567. The van der Waals surface area contributed by atoms with Gasteiger partial charge in [0, 0.05) is 29.9 Å². The Morgan fingerprint density at radius 2 is 1.94 bits per heavy atom. The number of thiophene rings is 1. The largest absolute Gasteiger partial charge is 0.462 e. The number of amides is 1. The summed E-state index contributed by atoms with van der Waals surface area (Å²) in [5, 5.41) is 6.60. The van der Waals surface area contributed by atoms with Crippen molar-refractivity contribution in [2.45, 2.75) is 47.2 Å². The number of anilines is 1. The molecule has 0 spiro atoms. The minimum absolute atomic E-state index is 0.182. The third-order valence-corrected chi connectivity index (χ3v) is 6.34. The van der Waals surface area contributed by atoms with Gasteiger partial charge in [-0.15, -0.1) is 11.3 Å². The van der Waals surface area contributed by atoms with Crippen molar-refractivity contribution in [1.82, 2.24) is 10.2 Å². The first kappa shape index (κ1) is 23.4. The highest BCUT2D eigenvalue weighted by atomic mass is 32.1. The predicted octanol–water partition coefficient (Wildman–Crippen LogP) is 4.34. The van der Waals surface area contributed by atoms with Gasteiger partial charge in [-0.05, 0) is 36.7 Å². The molecule has 3 rings (SSSR count). The van der Waals surface area contributed by atoms with E-state index in [4.69, 9.17) is 17.0 Å². The molecule has 31 heavy (non-hydrogen) atoms. The van der Waals surface area contributed by atoms with Crippen molar-refractivity contribution in [2.24, 2.45) is 5.41 Å². The van der Waals surface area contributed by atoms with E-state index in [1.54, 1.807) is 6.92 Å². The molecule has 0 radical (unpaired) electrons. The Hall–Kier alpha value is -2.29. The molecule has 0 unspecified atom stereocenters. The lowest BCUT2D eigenvalue weighted by atomic mass is 9.96. The number of nitrogens with one attached hydrogen (secondary N) is 2. The number of fused-ring (bicyclic) bond motifs is 1. The Kier molecular flexibility index (Phi) is 7.46. The van der Waals surface area contributed by atoms with Crippen LogP contribution in [-0.4, -0.2) is 35.0 Å². The average molecular weight is 460 g/mol. The van der Waals surface area contributed by atoms with Crippen molar-refractivity contribution >= 4 is 45.5 Å². The van der Waals surface area contributed by atoms with Crippen LogP contribution >= 0.6 is 23.6 Å². The van der Waals surface area contributed by atoms with Gasteiger partial charge in [0.2, 0.25) is 5.91 Å². The molecule has 0 saturated heterocycles. The fraction of sp³-hybridized carbons (Fsp3) is 0.435. The second kappa shape index (κ2) is 9.89. The third-order valence-electron chi connectivity index (χ3n) is 5.00. The zero-order valence-electron chi connectivity index (χ0n) is 18.4. The predicted molar refractivity (Wildman–Crippen MR) is 128 cm³/mol. The smallest absolute Gasteiger partial charge is 0.341 e. The number of thiocarbonyl (C=S) groups is 1. The molecular weight excluding hydrogens is 430 g/mol. The van der Waals surface area contributed by atoms with Crippen LogP contribution in [0, 0.1) is 5.41 Å². The molecule has 0 aliphatic carbocycles. The van der Waals surface area contributed by atoms with Crippen molar-refractivity contribution in [3.05, 3.63) is 51.9 Å². The van der Waals surface area contributed by atoms with Gasteiger partial charge in [-0.3, -0.25) is 9.69 Å². The first-order valence-electron chi connectivity index (χ1n) is 10.4. The Balaban J connectivity index is 1.81. The SMILES string of the molecule is CCOC(=O)c1c(NC(=S)NC(=O)C(C)(C)C)sc2c1CCN(Cc1ccccc1)C2. The molecule has 1 amide bonds. The van der Waals surface area contributed by atoms with Crippen molar-refractivity contribution in [3.63, 3.8) is 0 Å². The summed E-state index contributed by atoms with van der Waals surface area (Å²) >= 11 is 6.84. The highest BCUT2D eigenvalue weighted by Crippen LogP contribution is 2.38. The van der Waals surface area contributed by atoms with Gasteiger partial charge < -0.3 is 15.4 Å². The highest BCUT2D eigenvalue weighted by Gasteiger charge is 2.30. The summed E-state index contributed by atoms with van der Waals surface area (Å²) in [6, 6.07) is 10.4. The number of rotatable bonds is 5. The van der Waals surface area contributed by atoms with Crippen molar-refractivity contribution in [2.75, 3.05) is 18.5 Å². The van der Waals surface area contributed by atoms with E-state index >= 15 is 0 Å². The van der Waals surface area contributed by atoms with Gasteiger partial charge in [0.15, 0.2) is 5.11 Å². The van der Waals surface area contributed by atoms with Crippen molar-refractivity contribution in [3.8, 4) is 0 Å². The lowest BCUT2D eigenvalue weighted by molar-refractivity contribution is -0.126. The highest BCUT2D eigenvalue weighted by molar-refractivity contribution is 7.80. The van der Waals surface area contributed by atoms with E-state index in [1.807, 2.05) is 39.0 Å². The summed E-state index contributed by atoms with van der Waals surface area (Å²) in [6.45, 7) is 10.0. The summed E-state index contributed by atoms with van der Waals surface area (Å²) < 4.78 is 5.32. The maximum absolute atomic E-state index is 12.7. The molecule has 2 aromatic rings. The molecular formula is C23H29N3O3S2. The van der Waals surface area contributed by atoms with Crippen LogP contribution in [0.1, 0.15) is 54.1 Å². The standard InChI is InChI=1S/C23H29N3O3S2/c1-5-29-20(27)18-16-11-12-26(13-15-9-7-6-8-10-15)14-17(16)31-19(18)24-22(30)25-21(28)23(2,3)4/h6-10H,5,11-14H2,1-4H3,(H2,24,25,28,30). The second-order valence-electron chi connectivity index (χ2n) is 8.53. The summed E-state index contributed by atoms with van der Waals surface area (Å²) in [4.78, 5) is 28.5. The van der Waals surface area contributed by atoms with Crippen LogP contribution in [0.5, 0.6) is 0 Å². The monoisotopic (exact) mass is 459 g/mol. The van der Waals surface area contributed by atoms with E-state index in [0.29, 0.717) is 17.2 Å². The van der Waals surface area contributed by atoms with Crippen LogP contribution in [0.2, 0.25) is 0 Å². The molecule has 0 saturated carbocycles. The van der Waals surface area contributed by atoms with Gasteiger partial charge in [-0.25, -0.2) is 4.79 Å². The van der Waals surface area contributed by atoms with Crippen molar-refractivity contribution in [1.29, 1.82) is 0 Å². The molecule has 0 bridgehead atoms. The number of hydrogen-bond acceptors (Lipinski definition) is 6. The number of hydrogen-bond donors (Lipinski definition) is 2. The molecule has 166 valence electrons. The lowest BCUT2D eigenvalue weighted by Gasteiger charge is -2.27. The molecule has 0 atom stereocenters. The molecule has 0 fully saturated rings. The van der Waals surface area contributed by atoms with E-state index in [1.165, 1.54) is 16.9 Å². The molecule has 8 heteroatoms. The molecule has 1 aliphatic rings. The first-order valence-corrected chi connectivity index (χ1v) is 11.6. The summed E-state index contributed by atoms with van der Waals surface area (Å²) in [7, 11) is 0. The molecule has 2 N–H and O–H groups in total. The van der Waals surface area contributed by atoms with Crippen LogP contribution in [0.25, 0.3) is 0 Å². The Labute approximate surface area is 193 Å². The summed E-state index contributed by atoms with van der Waals surface area (Å²) in [6.07, 6.45) is 0.760. The van der Waals surface area contributed by atoms with Crippen LogP contribution in [0.3, 0.4) is 0 Å². The van der Waals surface area contributed by atoms with Crippen LogP contribution in [0.15, 0.2) is 30.3 Å². The molecule has 1 aromatic carbocycles. The zero-order chi connectivity index (χ0) is 22.6. The van der Waals surface area contributed by atoms with Gasteiger partial charge in [-0.2, -0.15) is 0 Å². The lowest BCUT2D eigenvalue weighted by Crippen LogP contribution is -2.41. The van der Waals surface area contributed by atoms with Gasteiger partial charge in [0.25, 0.3) is 0 Å². The Morgan fingerprint density at radius 3 is 2.58 bits per heavy atom. The minimum Gasteiger partial charge on any atom is -0.462 e. The zero-order valence-corrected chi connectivity index (χ0v) is 20.0. The van der Waals surface area contributed by atoms with E-state index in [2.05, 4.69) is 27.7 Å². The number of ether oxygens (including phenoxy) is 1. The van der Waals surface area contributed by atoms with Gasteiger partial charge in [-0.1, -0.05) is 51.1 Å². The fourth-order valence-electron chi connectivity index (χ4n) is 3.37. The normalized spacial score (nSPS) is 13.9. The van der Waals surface area contributed by atoms with Gasteiger partial charge in [0.1, 0.15) is 5.00 Å². The molecule has 6 nitrogen and oxygen atoms in total. The number of carbonyl (C=O) groups excluding carboxylic acids is 2. The van der Waals surface area contributed by atoms with Crippen LogP contribution in [-0.2, 0) is 29.0 Å². The number of benzene rings is 1. The maximum Gasteiger partial charge on any atom is 0.341 e. The molecule has 1 aromatic heterocycles. The topological polar surface area (TPSA) is 70.7 Å². The van der Waals surface area contributed by atoms with Crippen LogP contribution < -0.4 is 10.6 Å². The van der Waals surface area contributed by atoms with E-state index in [0.717, 1.165) is 36.5 Å². The van der Waals surface area contributed by atoms with E-state index in [-0.39, 0.29) is 17.0 Å². The summed E-state index contributed by atoms with van der Waals surface area (Å²) in [5.41, 5.74) is 2.24. The number of nitrogens with zero attached hydrogens (tertiary/aromatic N) is 1. The number of esters is 1. The van der Waals surface area contributed by atoms with E-state index < -0.39 is 5.41 Å². The average Bonchev–Trinajstić information content (AvgIpc) is 3.05. The first-order chi connectivity index (χ1) is 14.7. The molecule has 2 heterocycles. The number of carbonyl (C=O) groups is 2. The molecule has 1 aliphatic heterocycles. The van der Waals surface area contributed by atoms with E-state index in [9.17, 15) is 9.59 Å². The van der Waals surface area contributed by atoms with Gasteiger partial charge in [0.05, 0.1) is 12.2 Å². The summed E-state index contributed by atoms with van der Waals surface area (Å²) in [5.74, 6) is -0.540. The third kappa shape index (κ3) is 5.90. The Bertz CT molecular complexity index is 964. The Morgan fingerprint density at radius 1 is 1.23 bits per heavy atom. The fourth-order valence-corrected chi connectivity index (χ4v) is 4.91. The maximum atomic E-state index is 12.7. The van der Waals surface area contributed by atoms with Crippen LogP contribution in [0.4, 0.5) is 5.00 Å². The second-order valence-corrected chi connectivity index (χ2v) is 10.0. The van der Waals surface area contributed by atoms with Crippen molar-refractivity contribution < 1.29 is 14.3 Å². The van der Waals surface area contributed by atoms with Gasteiger partial charge >= 0.3 is 5.97 Å².